The Morgan fingerprint density at radius 1 is 1.39 bits per heavy atom. The van der Waals surface area contributed by atoms with Crippen LogP contribution in [0.2, 0.25) is 0 Å². The maximum atomic E-state index is 10.6. The van der Waals surface area contributed by atoms with Crippen molar-refractivity contribution in [3.63, 3.8) is 0 Å². The van der Waals surface area contributed by atoms with E-state index in [1.807, 2.05) is 28.8 Å². The summed E-state index contributed by atoms with van der Waals surface area (Å²) in [5, 5.41) is 8.69. The van der Waals surface area contributed by atoms with Crippen molar-refractivity contribution >= 4 is 17.6 Å². The molecule has 4 nitrogen and oxygen atoms in total. The lowest BCUT2D eigenvalue weighted by molar-refractivity contribution is -0.131. The van der Waals surface area contributed by atoms with Crippen molar-refractivity contribution in [2.45, 2.75) is 26.2 Å². The van der Waals surface area contributed by atoms with Crippen LogP contribution in [0, 0.1) is 0 Å². The second-order valence-corrected chi connectivity index (χ2v) is 5.20. The molecule has 2 aromatic rings. The van der Waals surface area contributed by atoms with E-state index in [-0.39, 0.29) is 5.41 Å². The molecule has 0 spiro atoms. The normalized spacial score (nSPS) is 12.4. The largest absolute Gasteiger partial charge is 0.478 e. The summed E-state index contributed by atoms with van der Waals surface area (Å²) >= 11 is 0. The Balaban J connectivity index is 2.65. The number of carbonyl (C=O) groups is 1. The lowest BCUT2D eigenvalue weighted by Crippen LogP contribution is -2.15. The lowest BCUT2D eigenvalue weighted by atomic mass is 9.96. The minimum Gasteiger partial charge on any atom is -0.478 e. The van der Waals surface area contributed by atoms with Crippen molar-refractivity contribution in [2.24, 2.45) is 0 Å². The second-order valence-electron chi connectivity index (χ2n) is 5.20. The summed E-state index contributed by atoms with van der Waals surface area (Å²) in [6, 6.07) is 5.79. The smallest absolute Gasteiger partial charge is 0.328 e. The van der Waals surface area contributed by atoms with Crippen LogP contribution in [0.3, 0.4) is 0 Å². The first kappa shape index (κ1) is 12.4. The summed E-state index contributed by atoms with van der Waals surface area (Å²) in [5.74, 6) is -0.0486. The molecule has 4 heteroatoms. The molecule has 0 saturated heterocycles. The number of hydrogen-bond donors (Lipinski definition) is 1. The van der Waals surface area contributed by atoms with Crippen LogP contribution in [0.25, 0.3) is 11.6 Å². The van der Waals surface area contributed by atoms with Gasteiger partial charge in [-0.3, -0.25) is 0 Å². The number of aliphatic carboxylic acids is 1. The molecule has 94 valence electrons. The quantitative estimate of drug-likeness (QED) is 0.826. The number of carboxylic acids is 1. The maximum Gasteiger partial charge on any atom is 0.328 e. The van der Waals surface area contributed by atoms with Gasteiger partial charge < -0.3 is 9.51 Å². The van der Waals surface area contributed by atoms with Crippen LogP contribution in [-0.4, -0.2) is 20.5 Å². The van der Waals surface area contributed by atoms with Crippen molar-refractivity contribution < 1.29 is 9.90 Å². The fraction of sp³-hybridized carbons (Fsp3) is 0.286. The monoisotopic (exact) mass is 244 g/mol. The van der Waals surface area contributed by atoms with Crippen LogP contribution in [-0.2, 0) is 10.2 Å². The van der Waals surface area contributed by atoms with Gasteiger partial charge in [0.05, 0.1) is 11.2 Å². The summed E-state index contributed by atoms with van der Waals surface area (Å²) in [7, 11) is 0. The van der Waals surface area contributed by atoms with Crippen molar-refractivity contribution in [2.75, 3.05) is 0 Å². The zero-order valence-corrected chi connectivity index (χ0v) is 10.7. The van der Waals surface area contributed by atoms with Crippen molar-refractivity contribution in [1.29, 1.82) is 0 Å². The number of pyridine rings is 1. The van der Waals surface area contributed by atoms with Gasteiger partial charge in [0.15, 0.2) is 0 Å². The predicted molar refractivity (Wildman–Crippen MR) is 70.6 cm³/mol. The Kier molecular flexibility index (Phi) is 2.95. The molecule has 0 amide bonds. The zero-order chi connectivity index (χ0) is 13.3. The number of aromatic nitrogens is 2. The van der Waals surface area contributed by atoms with Crippen molar-refractivity contribution in [1.82, 2.24) is 9.38 Å². The van der Waals surface area contributed by atoms with E-state index < -0.39 is 5.97 Å². The summed E-state index contributed by atoms with van der Waals surface area (Å²) in [4.78, 5) is 15.1. The van der Waals surface area contributed by atoms with Gasteiger partial charge in [0.1, 0.15) is 5.82 Å². The molecular formula is C14H16N2O2. The van der Waals surface area contributed by atoms with E-state index in [0.29, 0.717) is 5.69 Å². The van der Waals surface area contributed by atoms with Gasteiger partial charge >= 0.3 is 5.97 Å². The molecule has 18 heavy (non-hydrogen) atoms. The first-order valence-corrected chi connectivity index (χ1v) is 5.78. The minimum absolute atomic E-state index is 0.0976. The van der Waals surface area contributed by atoms with Gasteiger partial charge in [-0.1, -0.05) is 26.8 Å². The molecule has 0 aliphatic carbocycles. The molecule has 2 aromatic heterocycles. The molecule has 0 aliphatic rings. The third-order valence-corrected chi connectivity index (χ3v) is 2.63. The molecule has 0 atom stereocenters. The first-order valence-electron chi connectivity index (χ1n) is 5.78. The second kappa shape index (κ2) is 4.29. The van der Waals surface area contributed by atoms with E-state index in [0.717, 1.165) is 17.4 Å². The highest BCUT2D eigenvalue weighted by molar-refractivity contribution is 5.86. The Morgan fingerprint density at radius 3 is 2.72 bits per heavy atom. The SMILES string of the molecule is CC(C)(C)c1nc(/C=C/C(=O)O)c2ccccn12. The molecule has 2 rings (SSSR count). The number of rotatable bonds is 2. The van der Waals surface area contributed by atoms with Crippen LogP contribution >= 0.6 is 0 Å². The van der Waals surface area contributed by atoms with Gasteiger partial charge in [-0.05, 0) is 18.2 Å². The molecule has 0 fully saturated rings. The van der Waals surface area contributed by atoms with Gasteiger partial charge in [0.2, 0.25) is 0 Å². The van der Waals surface area contributed by atoms with E-state index in [4.69, 9.17) is 5.11 Å². The predicted octanol–water partition coefficient (Wildman–Crippen LogP) is 2.73. The van der Waals surface area contributed by atoms with Crippen LogP contribution in [0.4, 0.5) is 0 Å². The van der Waals surface area contributed by atoms with Crippen LogP contribution in [0.5, 0.6) is 0 Å². The maximum absolute atomic E-state index is 10.6. The highest BCUT2D eigenvalue weighted by Crippen LogP contribution is 2.25. The number of nitrogens with zero attached hydrogens (tertiary/aromatic N) is 2. The fourth-order valence-electron chi connectivity index (χ4n) is 1.86. The third-order valence-electron chi connectivity index (χ3n) is 2.63. The zero-order valence-electron chi connectivity index (χ0n) is 10.7. The third kappa shape index (κ3) is 2.27. The van der Waals surface area contributed by atoms with Gasteiger partial charge in [-0.2, -0.15) is 0 Å². The summed E-state index contributed by atoms with van der Waals surface area (Å²) in [5.41, 5.74) is 1.50. The number of hydrogen-bond acceptors (Lipinski definition) is 2. The van der Waals surface area contributed by atoms with Gasteiger partial charge in [-0.15, -0.1) is 0 Å². The summed E-state index contributed by atoms with van der Waals surface area (Å²) in [6.07, 6.45) is 4.59. The van der Waals surface area contributed by atoms with E-state index >= 15 is 0 Å². The van der Waals surface area contributed by atoms with Gasteiger partial charge in [-0.25, -0.2) is 9.78 Å². The Labute approximate surface area is 106 Å². The van der Waals surface area contributed by atoms with Crippen molar-refractivity contribution in [3.05, 3.63) is 42.0 Å². The van der Waals surface area contributed by atoms with Gasteiger partial charge in [0, 0.05) is 17.7 Å². The molecule has 0 aliphatic heterocycles. The summed E-state index contributed by atoms with van der Waals surface area (Å²) in [6.45, 7) is 6.25. The average molecular weight is 244 g/mol. The molecule has 1 N–H and O–H groups in total. The molecule has 2 heterocycles. The molecule has 0 unspecified atom stereocenters. The van der Waals surface area contributed by atoms with Gasteiger partial charge in [0.25, 0.3) is 0 Å². The Hall–Kier alpha value is -2.10. The standard InChI is InChI=1S/C14H16N2O2/c1-14(2,3)13-15-10(7-8-12(17)18)11-6-4-5-9-16(11)13/h4-9H,1-3H3,(H,17,18)/b8-7+. The van der Waals surface area contributed by atoms with E-state index in [1.165, 1.54) is 6.08 Å². The fourth-order valence-corrected chi connectivity index (χ4v) is 1.86. The molecule has 0 saturated carbocycles. The average Bonchev–Trinajstić information content (AvgIpc) is 2.65. The molecular weight excluding hydrogens is 228 g/mol. The molecule has 0 aromatic carbocycles. The van der Waals surface area contributed by atoms with Crippen LogP contribution in [0.1, 0.15) is 32.3 Å². The Bertz CT molecular complexity index is 618. The minimum atomic E-state index is -0.968. The topological polar surface area (TPSA) is 54.6 Å². The highest BCUT2D eigenvalue weighted by atomic mass is 16.4. The molecule has 0 radical (unpaired) electrons. The van der Waals surface area contributed by atoms with E-state index in [9.17, 15) is 4.79 Å². The number of fused-ring (bicyclic) bond motifs is 1. The number of imidazole rings is 1. The van der Waals surface area contributed by atoms with E-state index in [1.54, 1.807) is 0 Å². The van der Waals surface area contributed by atoms with Crippen LogP contribution < -0.4 is 0 Å². The molecule has 0 bridgehead atoms. The summed E-state index contributed by atoms with van der Waals surface area (Å²) < 4.78 is 2.00. The highest BCUT2D eigenvalue weighted by Gasteiger charge is 2.21. The van der Waals surface area contributed by atoms with Crippen molar-refractivity contribution in [3.8, 4) is 0 Å². The number of carboxylic acid groups (broad SMARTS) is 1. The first-order chi connectivity index (χ1) is 8.39. The van der Waals surface area contributed by atoms with Crippen LogP contribution in [0.15, 0.2) is 30.5 Å². The lowest BCUT2D eigenvalue weighted by Gasteiger charge is -2.16. The Morgan fingerprint density at radius 2 is 2.11 bits per heavy atom. The van der Waals surface area contributed by atoms with E-state index in [2.05, 4.69) is 25.8 Å².